The van der Waals surface area contributed by atoms with E-state index < -0.39 is 0 Å². The van der Waals surface area contributed by atoms with E-state index in [1.54, 1.807) is 0 Å². The van der Waals surface area contributed by atoms with Gasteiger partial charge in [0, 0.05) is 12.8 Å². The second-order valence-corrected chi connectivity index (χ2v) is 13.4. The molecular weight excluding hydrogens is 526 g/mol. The van der Waals surface area contributed by atoms with E-state index in [1.807, 2.05) is 0 Å². The maximum absolute atomic E-state index is 12.1. The van der Waals surface area contributed by atoms with Gasteiger partial charge in [0.15, 0.2) is 0 Å². The third-order valence-electron chi connectivity index (χ3n) is 8.95. The summed E-state index contributed by atoms with van der Waals surface area (Å²) in [5.74, 6) is -0.153. The number of unbranched alkanes of at least 4 members (excludes halogenated alkanes) is 29. The molecule has 3 nitrogen and oxygen atoms in total. The van der Waals surface area contributed by atoms with Crippen molar-refractivity contribution in [2.24, 2.45) is 0 Å². The summed E-state index contributed by atoms with van der Waals surface area (Å²) in [6, 6.07) is 0. The van der Waals surface area contributed by atoms with Crippen molar-refractivity contribution in [2.75, 3.05) is 0 Å². The van der Waals surface area contributed by atoms with Crippen LogP contribution in [0.4, 0.5) is 0 Å². The van der Waals surface area contributed by atoms with E-state index in [9.17, 15) is 9.59 Å². The van der Waals surface area contributed by atoms with Crippen LogP contribution in [0, 0.1) is 0 Å². The first-order chi connectivity index (χ1) is 21.2. The van der Waals surface area contributed by atoms with Crippen LogP contribution in [-0.4, -0.2) is 11.8 Å². The number of hydrogen-bond acceptors (Lipinski definition) is 2. The Hall–Kier alpha value is -1.12. The number of hydrogen-bond donors (Lipinski definition) is 1. The summed E-state index contributed by atoms with van der Waals surface area (Å²) in [7, 11) is 0. The SMILES string of the molecule is CCCCCCCCC=CCCCCCCCCCCCC(=O)NC(=O)CCCCCCCCCCCCCCCCC. The van der Waals surface area contributed by atoms with Crippen LogP contribution in [0.15, 0.2) is 12.2 Å². The standard InChI is InChI=1S/C40H77NO2/c1-3-5-7-9-11-13-15-17-19-20-21-22-24-26-28-30-32-34-36-38-40(43)41-39(42)37-35-33-31-29-27-25-23-18-16-14-12-10-8-6-4-2/h17,19H,3-16,18,20-38H2,1-2H3,(H,41,42,43). The van der Waals surface area contributed by atoms with Crippen molar-refractivity contribution in [2.45, 2.75) is 232 Å². The zero-order valence-electron chi connectivity index (χ0n) is 29.5. The van der Waals surface area contributed by atoms with E-state index in [-0.39, 0.29) is 11.8 Å². The number of carbonyl (C=O) groups excluding carboxylic acids is 2. The highest BCUT2D eigenvalue weighted by Gasteiger charge is 2.07. The number of imide groups is 1. The van der Waals surface area contributed by atoms with E-state index in [0.29, 0.717) is 12.8 Å². The van der Waals surface area contributed by atoms with Gasteiger partial charge in [-0.1, -0.05) is 193 Å². The van der Waals surface area contributed by atoms with Gasteiger partial charge < -0.3 is 0 Å². The highest BCUT2D eigenvalue weighted by Crippen LogP contribution is 2.15. The highest BCUT2D eigenvalue weighted by atomic mass is 16.2. The van der Waals surface area contributed by atoms with E-state index in [2.05, 4.69) is 31.3 Å². The Morgan fingerprint density at radius 1 is 0.349 bits per heavy atom. The monoisotopic (exact) mass is 604 g/mol. The molecule has 0 aliphatic rings. The number of carbonyl (C=O) groups is 2. The van der Waals surface area contributed by atoms with Gasteiger partial charge in [-0.15, -0.1) is 0 Å². The molecule has 1 N–H and O–H groups in total. The lowest BCUT2D eigenvalue weighted by molar-refractivity contribution is -0.130. The molecule has 0 heterocycles. The van der Waals surface area contributed by atoms with Crippen LogP contribution in [0.2, 0.25) is 0 Å². The van der Waals surface area contributed by atoms with Crippen LogP contribution in [0.5, 0.6) is 0 Å². The lowest BCUT2D eigenvalue weighted by Crippen LogP contribution is -2.29. The first kappa shape index (κ1) is 41.9. The summed E-state index contributed by atoms with van der Waals surface area (Å²) >= 11 is 0. The molecule has 0 unspecified atom stereocenters. The minimum atomic E-state index is -0.0769. The quantitative estimate of drug-likeness (QED) is 0.0578. The molecular formula is C40H77NO2. The summed E-state index contributed by atoms with van der Waals surface area (Å²) in [5.41, 5.74) is 0. The number of amides is 2. The van der Waals surface area contributed by atoms with Crippen molar-refractivity contribution in [3.63, 3.8) is 0 Å². The van der Waals surface area contributed by atoms with Gasteiger partial charge in [0.05, 0.1) is 0 Å². The molecule has 0 saturated carbocycles. The lowest BCUT2D eigenvalue weighted by Gasteiger charge is -2.05. The Balaban J connectivity index is 3.30. The Kier molecular flexibility index (Phi) is 36.1. The molecule has 0 radical (unpaired) electrons. The fraction of sp³-hybridized carbons (Fsp3) is 0.900. The smallest absolute Gasteiger partial charge is 0.226 e. The molecule has 0 saturated heterocycles. The predicted molar refractivity (Wildman–Crippen MR) is 191 cm³/mol. The van der Waals surface area contributed by atoms with Crippen LogP contribution in [-0.2, 0) is 9.59 Å². The third kappa shape index (κ3) is 37.0. The lowest BCUT2D eigenvalue weighted by atomic mass is 10.0. The molecule has 0 fully saturated rings. The van der Waals surface area contributed by atoms with E-state index in [0.717, 1.165) is 25.7 Å². The van der Waals surface area contributed by atoms with Crippen molar-refractivity contribution < 1.29 is 9.59 Å². The van der Waals surface area contributed by atoms with Gasteiger partial charge in [-0.2, -0.15) is 0 Å². The van der Waals surface area contributed by atoms with Crippen LogP contribution in [0.1, 0.15) is 232 Å². The molecule has 0 aliphatic heterocycles. The molecule has 0 aromatic carbocycles. The van der Waals surface area contributed by atoms with Crippen molar-refractivity contribution >= 4 is 11.8 Å². The average Bonchev–Trinajstić information content (AvgIpc) is 3.00. The molecule has 43 heavy (non-hydrogen) atoms. The van der Waals surface area contributed by atoms with Crippen LogP contribution < -0.4 is 5.32 Å². The molecule has 0 bridgehead atoms. The van der Waals surface area contributed by atoms with Crippen molar-refractivity contribution in [3.05, 3.63) is 12.2 Å². The largest absolute Gasteiger partial charge is 0.296 e. The maximum atomic E-state index is 12.1. The highest BCUT2D eigenvalue weighted by molar-refractivity contribution is 5.95. The van der Waals surface area contributed by atoms with Crippen molar-refractivity contribution in [1.29, 1.82) is 0 Å². The molecule has 0 rings (SSSR count). The number of nitrogens with one attached hydrogen (secondary N) is 1. The number of rotatable bonds is 35. The number of allylic oxidation sites excluding steroid dienone is 2. The zero-order chi connectivity index (χ0) is 31.3. The molecule has 254 valence electrons. The molecule has 0 atom stereocenters. The molecule has 0 aromatic rings. The minimum Gasteiger partial charge on any atom is -0.296 e. The van der Waals surface area contributed by atoms with Crippen LogP contribution in [0.3, 0.4) is 0 Å². The van der Waals surface area contributed by atoms with Crippen molar-refractivity contribution in [1.82, 2.24) is 5.32 Å². The van der Waals surface area contributed by atoms with Gasteiger partial charge in [-0.05, 0) is 38.5 Å². The molecule has 0 aromatic heterocycles. The Labute approximate surface area is 270 Å². The Morgan fingerprint density at radius 3 is 0.860 bits per heavy atom. The van der Waals surface area contributed by atoms with Crippen LogP contribution >= 0.6 is 0 Å². The predicted octanol–water partition coefficient (Wildman–Crippen LogP) is 13.5. The Morgan fingerprint density at radius 2 is 0.581 bits per heavy atom. The first-order valence-electron chi connectivity index (χ1n) is 19.7. The first-order valence-corrected chi connectivity index (χ1v) is 19.7. The normalized spacial score (nSPS) is 11.5. The molecule has 0 aliphatic carbocycles. The average molecular weight is 604 g/mol. The summed E-state index contributed by atoms with van der Waals surface area (Å²) in [6.07, 6.45) is 47.7. The Bertz CT molecular complexity index is 599. The summed E-state index contributed by atoms with van der Waals surface area (Å²) in [4.78, 5) is 24.1. The second-order valence-electron chi connectivity index (χ2n) is 13.4. The van der Waals surface area contributed by atoms with E-state index >= 15 is 0 Å². The van der Waals surface area contributed by atoms with Crippen molar-refractivity contribution in [3.8, 4) is 0 Å². The van der Waals surface area contributed by atoms with Gasteiger partial charge in [-0.25, -0.2) is 0 Å². The van der Waals surface area contributed by atoms with Gasteiger partial charge >= 0.3 is 0 Å². The fourth-order valence-electron chi connectivity index (χ4n) is 6.00. The van der Waals surface area contributed by atoms with Gasteiger partial charge in [0.1, 0.15) is 0 Å². The summed E-state index contributed by atoms with van der Waals surface area (Å²) < 4.78 is 0. The maximum Gasteiger partial charge on any atom is 0.226 e. The van der Waals surface area contributed by atoms with Crippen LogP contribution in [0.25, 0.3) is 0 Å². The molecule has 2 amide bonds. The fourth-order valence-corrected chi connectivity index (χ4v) is 6.00. The van der Waals surface area contributed by atoms with E-state index in [4.69, 9.17) is 0 Å². The van der Waals surface area contributed by atoms with Gasteiger partial charge in [-0.3, -0.25) is 14.9 Å². The van der Waals surface area contributed by atoms with E-state index in [1.165, 1.54) is 180 Å². The van der Waals surface area contributed by atoms with Gasteiger partial charge in [0.25, 0.3) is 0 Å². The van der Waals surface area contributed by atoms with Gasteiger partial charge in [0.2, 0.25) is 11.8 Å². The zero-order valence-corrected chi connectivity index (χ0v) is 29.5. The third-order valence-corrected chi connectivity index (χ3v) is 8.95. The molecule has 3 heteroatoms. The molecule has 0 spiro atoms. The second kappa shape index (κ2) is 37.1. The summed E-state index contributed by atoms with van der Waals surface area (Å²) in [5, 5.41) is 2.61. The summed E-state index contributed by atoms with van der Waals surface area (Å²) in [6.45, 7) is 4.56. The minimum absolute atomic E-state index is 0.0759. The topological polar surface area (TPSA) is 46.2 Å².